The van der Waals surface area contributed by atoms with Gasteiger partial charge in [-0.3, -0.25) is 4.79 Å². The largest absolute Gasteiger partial charge is 0.342 e. The predicted molar refractivity (Wildman–Crippen MR) is 95.1 cm³/mol. The van der Waals surface area contributed by atoms with Gasteiger partial charge in [0.15, 0.2) is 0 Å². The van der Waals surface area contributed by atoms with E-state index in [4.69, 9.17) is 0 Å². The Balaban J connectivity index is 1.31. The first kappa shape index (κ1) is 15.8. The zero-order valence-electron chi connectivity index (χ0n) is 15.2. The maximum atomic E-state index is 13.1. The smallest absolute Gasteiger partial charge is 0.225 e. The molecular formula is C20H30N4O. The van der Waals surface area contributed by atoms with Crippen LogP contribution in [-0.2, 0) is 17.8 Å². The summed E-state index contributed by atoms with van der Waals surface area (Å²) >= 11 is 0. The molecule has 3 heterocycles. The molecule has 0 N–H and O–H groups in total. The number of aromatic nitrogens is 3. The van der Waals surface area contributed by atoms with Crippen LogP contribution in [0.1, 0.15) is 75.4 Å². The van der Waals surface area contributed by atoms with Crippen molar-refractivity contribution >= 4 is 5.91 Å². The molecule has 2 aliphatic heterocycles. The Hall–Kier alpha value is -1.39. The van der Waals surface area contributed by atoms with Gasteiger partial charge in [-0.05, 0) is 56.8 Å². The summed E-state index contributed by atoms with van der Waals surface area (Å²) in [4.78, 5) is 15.3. The number of aryl methyl sites for hydroxylation is 1. The van der Waals surface area contributed by atoms with E-state index >= 15 is 0 Å². The summed E-state index contributed by atoms with van der Waals surface area (Å²) in [7, 11) is 0. The highest BCUT2D eigenvalue weighted by Crippen LogP contribution is 2.49. The molecule has 4 unspecified atom stereocenters. The van der Waals surface area contributed by atoms with Gasteiger partial charge in [0.25, 0.3) is 0 Å². The van der Waals surface area contributed by atoms with Crippen molar-refractivity contribution in [1.82, 2.24) is 19.7 Å². The number of fused-ring (bicyclic) bond motifs is 3. The van der Waals surface area contributed by atoms with Gasteiger partial charge in [0.2, 0.25) is 5.91 Å². The molecule has 4 atom stereocenters. The minimum absolute atomic E-state index is 0.327. The molecular weight excluding hydrogens is 312 g/mol. The summed E-state index contributed by atoms with van der Waals surface area (Å²) in [5, 5.41) is 9.05. The minimum atomic E-state index is 0.327. The van der Waals surface area contributed by atoms with E-state index in [9.17, 15) is 4.79 Å². The van der Waals surface area contributed by atoms with Crippen molar-refractivity contribution in [1.29, 1.82) is 0 Å². The van der Waals surface area contributed by atoms with Crippen LogP contribution in [0.2, 0.25) is 0 Å². The number of likely N-dealkylation sites (tertiary alicyclic amines) is 1. The number of amides is 1. The number of carbonyl (C=O) groups excluding carboxylic acids is 1. The van der Waals surface area contributed by atoms with Gasteiger partial charge in [-0.2, -0.15) is 0 Å². The third-order valence-corrected chi connectivity index (χ3v) is 7.29. The molecule has 5 rings (SSSR count). The Morgan fingerprint density at radius 2 is 1.92 bits per heavy atom. The monoisotopic (exact) mass is 342 g/mol. The lowest BCUT2D eigenvalue weighted by atomic mass is 9.86. The van der Waals surface area contributed by atoms with E-state index in [1.165, 1.54) is 44.3 Å². The molecule has 5 heteroatoms. The number of hydrogen-bond donors (Lipinski definition) is 0. The third-order valence-electron chi connectivity index (χ3n) is 7.29. The Morgan fingerprint density at radius 1 is 0.960 bits per heavy atom. The lowest BCUT2D eigenvalue weighted by Gasteiger charge is -2.35. The van der Waals surface area contributed by atoms with Gasteiger partial charge in [0.05, 0.1) is 0 Å². The second-order valence-corrected chi connectivity index (χ2v) is 8.84. The van der Waals surface area contributed by atoms with Crippen molar-refractivity contribution in [2.75, 3.05) is 13.1 Å². The van der Waals surface area contributed by atoms with Gasteiger partial charge in [-0.1, -0.05) is 12.8 Å². The summed E-state index contributed by atoms with van der Waals surface area (Å²) in [5.41, 5.74) is 0. The van der Waals surface area contributed by atoms with E-state index in [2.05, 4.69) is 19.7 Å². The van der Waals surface area contributed by atoms with Crippen molar-refractivity contribution in [3.8, 4) is 0 Å². The first-order valence-electron chi connectivity index (χ1n) is 10.5. The lowest BCUT2D eigenvalue weighted by Crippen LogP contribution is -2.44. The summed E-state index contributed by atoms with van der Waals surface area (Å²) in [6.07, 6.45) is 12.2. The average molecular weight is 342 g/mol. The molecule has 0 spiro atoms. The van der Waals surface area contributed by atoms with Gasteiger partial charge in [0, 0.05) is 37.9 Å². The standard InChI is InChI=1S/C20H30N4O/c25-20(17-12-14-7-8-15(17)11-14)23-9-4-5-16(13-23)19-22-21-18-6-2-1-3-10-24(18)19/h14-17H,1-13H2. The normalized spacial score (nSPS) is 34.8. The highest BCUT2D eigenvalue weighted by molar-refractivity contribution is 5.80. The molecule has 3 fully saturated rings. The molecule has 1 amide bonds. The first-order valence-corrected chi connectivity index (χ1v) is 10.5. The number of rotatable bonds is 2. The molecule has 1 aromatic rings. The van der Waals surface area contributed by atoms with Crippen LogP contribution in [0.3, 0.4) is 0 Å². The lowest BCUT2D eigenvalue weighted by molar-refractivity contribution is -0.138. The van der Waals surface area contributed by atoms with Crippen molar-refractivity contribution in [2.45, 2.75) is 76.7 Å². The zero-order valence-corrected chi connectivity index (χ0v) is 15.2. The van der Waals surface area contributed by atoms with Gasteiger partial charge < -0.3 is 9.47 Å². The second-order valence-electron chi connectivity index (χ2n) is 8.84. The molecule has 1 aromatic heterocycles. The van der Waals surface area contributed by atoms with Gasteiger partial charge in [0.1, 0.15) is 11.6 Å². The average Bonchev–Trinajstić information content (AvgIpc) is 3.34. The molecule has 0 radical (unpaired) electrons. The molecule has 4 aliphatic rings. The molecule has 136 valence electrons. The maximum absolute atomic E-state index is 13.1. The van der Waals surface area contributed by atoms with Crippen molar-refractivity contribution in [3.05, 3.63) is 11.6 Å². The second kappa shape index (κ2) is 6.40. The minimum Gasteiger partial charge on any atom is -0.342 e. The third kappa shape index (κ3) is 2.80. The number of hydrogen-bond acceptors (Lipinski definition) is 3. The van der Waals surface area contributed by atoms with Crippen LogP contribution in [-0.4, -0.2) is 38.7 Å². The Bertz CT molecular complexity index is 654. The summed E-state index contributed by atoms with van der Waals surface area (Å²) in [6.45, 7) is 2.88. The Labute approximate surface area is 150 Å². The van der Waals surface area contributed by atoms with E-state index in [0.29, 0.717) is 23.7 Å². The fourth-order valence-electron chi connectivity index (χ4n) is 5.98. The van der Waals surface area contributed by atoms with Crippen LogP contribution in [0.5, 0.6) is 0 Å². The van der Waals surface area contributed by atoms with Crippen LogP contribution in [0.25, 0.3) is 0 Å². The molecule has 1 saturated heterocycles. The topological polar surface area (TPSA) is 51.0 Å². The number of carbonyl (C=O) groups is 1. The molecule has 2 bridgehead atoms. The molecule has 2 saturated carbocycles. The number of nitrogens with zero attached hydrogens (tertiary/aromatic N) is 4. The van der Waals surface area contributed by atoms with Crippen molar-refractivity contribution in [2.24, 2.45) is 17.8 Å². The Morgan fingerprint density at radius 3 is 2.76 bits per heavy atom. The van der Waals surface area contributed by atoms with Crippen LogP contribution in [0.15, 0.2) is 0 Å². The highest BCUT2D eigenvalue weighted by Gasteiger charge is 2.45. The molecule has 2 aliphatic carbocycles. The van der Waals surface area contributed by atoms with E-state index in [1.54, 1.807) is 0 Å². The van der Waals surface area contributed by atoms with E-state index < -0.39 is 0 Å². The first-order chi connectivity index (χ1) is 12.3. The maximum Gasteiger partial charge on any atom is 0.225 e. The predicted octanol–water partition coefficient (Wildman–Crippen LogP) is 3.15. The summed E-state index contributed by atoms with van der Waals surface area (Å²) in [5.74, 6) is 5.01. The van der Waals surface area contributed by atoms with Crippen molar-refractivity contribution in [3.63, 3.8) is 0 Å². The summed E-state index contributed by atoms with van der Waals surface area (Å²) in [6, 6.07) is 0. The number of piperidine rings is 1. The SMILES string of the molecule is O=C(C1CC2CCC1C2)N1CCCC(c2nnc3n2CCCCC3)C1. The van der Waals surface area contributed by atoms with Crippen LogP contribution < -0.4 is 0 Å². The Kier molecular flexibility index (Phi) is 4.05. The van der Waals surface area contributed by atoms with E-state index in [1.807, 2.05) is 0 Å². The fourth-order valence-corrected chi connectivity index (χ4v) is 5.98. The van der Waals surface area contributed by atoms with Gasteiger partial charge >= 0.3 is 0 Å². The van der Waals surface area contributed by atoms with Gasteiger partial charge in [-0.15, -0.1) is 10.2 Å². The summed E-state index contributed by atoms with van der Waals surface area (Å²) < 4.78 is 2.38. The van der Waals surface area contributed by atoms with E-state index in [0.717, 1.165) is 57.1 Å². The van der Waals surface area contributed by atoms with Crippen LogP contribution in [0, 0.1) is 17.8 Å². The van der Waals surface area contributed by atoms with Crippen LogP contribution >= 0.6 is 0 Å². The van der Waals surface area contributed by atoms with Crippen molar-refractivity contribution < 1.29 is 4.79 Å². The quantitative estimate of drug-likeness (QED) is 0.829. The van der Waals surface area contributed by atoms with Gasteiger partial charge in [-0.25, -0.2) is 0 Å². The highest BCUT2D eigenvalue weighted by atomic mass is 16.2. The van der Waals surface area contributed by atoms with Crippen LogP contribution in [0.4, 0.5) is 0 Å². The molecule has 0 aromatic carbocycles. The molecule has 5 nitrogen and oxygen atoms in total. The fraction of sp³-hybridized carbons (Fsp3) is 0.850. The zero-order chi connectivity index (χ0) is 16.8. The van der Waals surface area contributed by atoms with E-state index in [-0.39, 0.29) is 0 Å². The molecule has 25 heavy (non-hydrogen) atoms.